The van der Waals surface area contributed by atoms with Gasteiger partial charge in [0.05, 0.1) is 6.54 Å². The summed E-state index contributed by atoms with van der Waals surface area (Å²) in [5.41, 5.74) is 5.32. The molecule has 1 aromatic carbocycles. The molecule has 6 heteroatoms. The van der Waals surface area contributed by atoms with Gasteiger partial charge in [0.15, 0.2) is 0 Å². The predicted octanol–water partition coefficient (Wildman–Crippen LogP) is 0.701. The van der Waals surface area contributed by atoms with Crippen LogP contribution >= 0.6 is 0 Å². The van der Waals surface area contributed by atoms with Crippen molar-refractivity contribution in [3.63, 3.8) is 0 Å². The number of esters is 1. The highest BCUT2D eigenvalue weighted by atomic mass is 16.7. The number of hydrogen-bond donors (Lipinski definition) is 2. The molecule has 0 fully saturated rings. The summed E-state index contributed by atoms with van der Waals surface area (Å²) >= 11 is 0. The molecule has 0 radical (unpaired) electrons. The third-order valence-electron chi connectivity index (χ3n) is 1.81. The number of ether oxygens (including phenoxy) is 2. The van der Waals surface area contributed by atoms with Gasteiger partial charge in [-0.15, -0.1) is 0 Å². The average molecular weight is 225 g/mol. The Balaban J connectivity index is 2.70. The highest BCUT2D eigenvalue weighted by Crippen LogP contribution is 2.26. The van der Waals surface area contributed by atoms with Gasteiger partial charge in [-0.1, -0.05) is 6.07 Å². The molecule has 0 amide bonds. The zero-order valence-corrected chi connectivity index (χ0v) is 8.60. The molecule has 3 N–H and O–H groups in total. The molecule has 0 aromatic heterocycles. The van der Waals surface area contributed by atoms with Crippen molar-refractivity contribution in [2.75, 3.05) is 6.54 Å². The first-order valence-electron chi connectivity index (χ1n) is 4.45. The summed E-state index contributed by atoms with van der Waals surface area (Å²) in [6.45, 7) is 1.15. The van der Waals surface area contributed by atoms with E-state index in [2.05, 4.69) is 4.74 Å². The van der Waals surface area contributed by atoms with Crippen LogP contribution in [0.5, 0.6) is 11.5 Å². The van der Waals surface area contributed by atoms with E-state index >= 15 is 0 Å². The van der Waals surface area contributed by atoms with Crippen molar-refractivity contribution in [3.05, 3.63) is 23.8 Å². The van der Waals surface area contributed by atoms with Crippen LogP contribution in [0.3, 0.4) is 0 Å². The smallest absolute Gasteiger partial charge is 0.508 e. The molecule has 16 heavy (non-hydrogen) atoms. The first-order chi connectivity index (χ1) is 7.54. The second-order valence-electron chi connectivity index (χ2n) is 2.93. The highest BCUT2D eigenvalue weighted by molar-refractivity contribution is 5.83. The van der Waals surface area contributed by atoms with Gasteiger partial charge in [-0.05, 0) is 19.1 Å². The Bertz CT molecular complexity index is 416. The Kier molecular flexibility index (Phi) is 3.84. The van der Waals surface area contributed by atoms with Crippen LogP contribution in [0.25, 0.3) is 0 Å². The number of phenolic OH excluding ortho intramolecular Hbond substituents is 1. The van der Waals surface area contributed by atoms with E-state index in [1.165, 1.54) is 18.2 Å². The molecule has 0 saturated carbocycles. The molecule has 0 saturated heterocycles. The van der Waals surface area contributed by atoms with Gasteiger partial charge < -0.3 is 20.3 Å². The van der Waals surface area contributed by atoms with E-state index in [-0.39, 0.29) is 11.5 Å². The van der Waals surface area contributed by atoms with E-state index in [1.807, 2.05) is 0 Å². The summed E-state index contributed by atoms with van der Waals surface area (Å²) in [5.74, 6) is -0.784. The minimum absolute atomic E-state index is 0.0181. The quantitative estimate of drug-likeness (QED) is 0.436. The van der Waals surface area contributed by atoms with Crippen molar-refractivity contribution in [1.82, 2.24) is 0 Å². The second-order valence-corrected chi connectivity index (χ2v) is 2.93. The molecule has 0 heterocycles. The van der Waals surface area contributed by atoms with Crippen LogP contribution in [0.4, 0.5) is 4.79 Å². The summed E-state index contributed by atoms with van der Waals surface area (Å²) in [6.07, 6.45) is -1.18. The molecule has 0 unspecified atom stereocenters. The molecule has 0 bridgehead atoms. The lowest BCUT2D eigenvalue weighted by Gasteiger charge is -2.07. The van der Waals surface area contributed by atoms with Crippen LogP contribution in [-0.2, 0) is 9.53 Å². The Labute approximate surface area is 91.6 Å². The number of nitrogens with two attached hydrogens (primary N) is 1. The summed E-state index contributed by atoms with van der Waals surface area (Å²) in [4.78, 5) is 21.7. The average Bonchev–Trinajstić information content (AvgIpc) is 2.24. The van der Waals surface area contributed by atoms with Crippen LogP contribution in [0.15, 0.2) is 18.2 Å². The Morgan fingerprint density at radius 2 is 2.12 bits per heavy atom. The van der Waals surface area contributed by atoms with Gasteiger partial charge in [0.1, 0.15) is 11.5 Å². The molecule has 86 valence electrons. The van der Waals surface area contributed by atoms with E-state index in [0.29, 0.717) is 5.56 Å². The summed E-state index contributed by atoms with van der Waals surface area (Å²) in [6, 6.07) is 4.40. The topological polar surface area (TPSA) is 98.9 Å². The number of aromatic hydroxyl groups is 1. The van der Waals surface area contributed by atoms with Crippen LogP contribution in [0.2, 0.25) is 0 Å². The lowest BCUT2D eigenvalue weighted by Crippen LogP contribution is -2.22. The molecule has 1 rings (SSSR count). The Morgan fingerprint density at radius 1 is 1.44 bits per heavy atom. The fourth-order valence-corrected chi connectivity index (χ4v) is 0.959. The molecule has 1 aromatic rings. The van der Waals surface area contributed by atoms with E-state index in [1.54, 1.807) is 6.92 Å². The zero-order valence-electron chi connectivity index (χ0n) is 8.60. The molecular formula is C10H11NO5. The normalized spacial score (nSPS) is 9.62. The summed E-state index contributed by atoms with van der Waals surface area (Å²) in [5, 5.41) is 9.32. The minimum Gasteiger partial charge on any atom is -0.508 e. The van der Waals surface area contributed by atoms with Crippen molar-refractivity contribution >= 4 is 12.1 Å². The lowest BCUT2D eigenvalue weighted by molar-refractivity contribution is -0.137. The molecule has 6 nitrogen and oxygen atoms in total. The number of hydrogen-bond acceptors (Lipinski definition) is 6. The van der Waals surface area contributed by atoms with Crippen molar-refractivity contribution < 1.29 is 24.2 Å². The van der Waals surface area contributed by atoms with Crippen LogP contribution in [-0.4, -0.2) is 23.8 Å². The zero-order chi connectivity index (χ0) is 12.1. The molecule has 0 aliphatic rings. The number of phenols is 1. The lowest BCUT2D eigenvalue weighted by atomic mass is 10.2. The Morgan fingerprint density at radius 3 is 2.75 bits per heavy atom. The van der Waals surface area contributed by atoms with Crippen LogP contribution in [0, 0.1) is 6.92 Å². The minimum atomic E-state index is -1.18. The highest BCUT2D eigenvalue weighted by Gasteiger charge is 2.13. The molecule has 0 spiro atoms. The third-order valence-corrected chi connectivity index (χ3v) is 1.81. The maximum Gasteiger partial charge on any atom is 0.521 e. The standard InChI is InChI=1S/C10H11NO5/c1-6-7(12)3-2-4-8(6)15-10(14)16-9(13)5-11/h2-4,12H,5,11H2,1H3. The van der Waals surface area contributed by atoms with E-state index in [0.717, 1.165) is 0 Å². The SMILES string of the molecule is Cc1c(O)cccc1OC(=O)OC(=O)CN. The summed E-state index contributed by atoms with van der Waals surface area (Å²) < 4.78 is 8.89. The molecule has 0 aliphatic carbocycles. The first-order valence-corrected chi connectivity index (χ1v) is 4.45. The molecule has 0 atom stereocenters. The monoisotopic (exact) mass is 225 g/mol. The van der Waals surface area contributed by atoms with E-state index in [9.17, 15) is 14.7 Å². The number of carbonyl (C=O) groups is 2. The van der Waals surface area contributed by atoms with Crippen molar-refractivity contribution in [2.24, 2.45) is 5.73 Å². The Hall–Kier alpha value is -2.08. The van der Waals surface area contributed by atoms with E-state index in [4.69, 9.17) is 10.5 Å². The van der Waals surface area contributed by atoms with Gasteiger partial charge in [0.2, 0.25) is 0 Å². The van der Waals surface area contributed by atoms with Crippen LogP contribution in [0.1, 0.15) is 5.56 Å². The fraction of sp³-hybridized carbons (Fsp3) is 0.200. The molecule has 0 aliphatic heterocycles. The van der Waals surface area contributed by atoms with E-state index < -0.39 is 18.7 Å². The number of benzene rings is 1. The van der Waals surface area contributed by atoms with Crippen molar-refractivity contribution in [1.29, 1.82) is 0 Å². The fourth-order valence-electron chi connectivity index (χ4n) is 0.959. The van der Waals surface area contributed by atoms with Gasteiger partial charge >= 0.3 is 12.1 Å². The summed E-state index contributed by atoms with van der Waals surface area (Å²) in [7, 11) is 0. The van der Waals surface area contributed by atoms with Gasteiger partial charge in [-0.25, -0.2) is 4.79 Å². The molecular weight excluding hydrogens is 214 g/mol. The van der Waals surface area contributed by atoms with Gasteiger partial charge in [-0.3, -0.25) is 4.79 Å². The predicted molar refractivity (Wildman–Crippen MR) is 54.0 cm³/mol. The first kappa shape index (κ1) is 12.0. The maximum atomic E-state index is 11.0. The largest absolute Gasteiger partial charge is 0.521 e. The van der Waals surface area contributed by atoms with Crippen LogP contribution < -0.4 is 10.5 Å². The van der Waals surface area contributed by atoms with Gasteiger partial charge in [0.25, 0.3) is 0 Å². The van der Waals surface area contributed by atoms with Crippen molar-refractivity contribution in [2.45, 2.75) is 6.92 Å². The van der Waals surface area contributed by atoms with Gasteiger partial charge in [-0.2, -0.15) is 0 Å². The van der Waals surface area contributed by atoms with Gasteiger partial charge in [0, 0.05) is 5.56 Å². The number of carbonyl (C=O) groups excluding carboxylic acids is 2. The number of rotatable bonds is 2. The second kappa shape index (κ2) is 5.13. The maximum absolute atomic E-state index is 11.0. The third kappa shape index (κ3) is 2.96. The van der Waals surface area contributed by atoms with Crippen molar-refractivity contribution in [3.8, 4) is 11.5 Å².